The van der Waals surface area contributed by atoms with Crippen LogP contribution in [0, 0.1) is 5.92 Å². The number of sulfone groups is 1. The number of hydrogen-bond acceptors (Lipinski definition) is 5. The van der Waals surface area contributed by atoms with E-state index < -0.39 is 9.84 Å². The summed E-state index contributed by atoms with van der Waals surface area (Å²) in [5.74, 6) is 1.01. The molecular weight excluding hydrogens is 374 g/mol. The number of para-hydroxylation sites is 1. The van der Waals surface area contributed by atoms with Gasteiger partial charge in [0.1, 0.15) is 5.60 Å². The molecule has 0 N–H and O–H groups in total. The molecule has 0 aliphatic carbocycles. The smallest absolute Gasteiger partial charge is 0.150 e. The Labute approximate surface area is 166 Å². The van der Waals surface area contributed by atoms with E-state index in [1.165, 1.54) is 5.56 Å². The van der Waals surface area contributed by atoms with Crippen molar-refractivity contribution in [2.45, 2.75) is 31.3 Å². The third-order valence-electron chi connectivity index (χ3n) is 6.50. The fraction of sp³-hybridized carbons (Fsp3) is 0.571. The summed E-state index contributed by atoms with van der Waals surface area (Å²) in [5, 5.41) is 4.94. The SMILES string of the molecule is O=S1(=O)CCC(CN2CCC3(CC2)OCCc2cn(-c4ccccc4)nc23)C1. The van der Waals surface area contributed by atoms with Crippen LogP contribution in [-0.4, -0.2) is 60.8 Å². The number of likely N-dealkylation sites (tertiary alicyclic amines) is 1. The first-order valence-electron chi connectivity index (χ1n) is 10.2. The summed E-state index contributed by atoms with van der Waals surface area (Å²) in [6.45, 7) is 3.51. The number of nitrogens with zero attached hydrogens (tertiary/aromatic N) is 3. The molecule has 2 saturated heterocycles. The van der Waals surface area contributed by atoms with Crippen molar-refractivity contribution in [3.63, 3.8) is 0 Å². The van der Waals surface area contributed by atoms with Gasteiger partial charge in [0, 0.05) is 25.8 Å². The van der Waals surface area contributed by atoms with Crippen molar-refractivity contribution >= 4 is 9.84 Å². The van der Waals surface area contributed by atoms with Crippen molar-refractivity contribution in [3.05, 3.63) is 47.8 Å². The van der Waals surface area contributed by atoms with Crippen LogP contribution in [0.25, 0.3) is 5.69 Å². The minimum absolute atomic E-state index is 0.286. The van der Waals surface area contributed by atoms with Crippen molar-refractivity contribution in [1.29, 1.82) is 0 Å². The molecule has 6 nitrogen and oxygen atoms in total. The highest BCUT2D eigenvalue weighted by atomic mass is 32.2. The van der Waals surface area contributed by atoms with Gasteiger partial charge in [-0.05, 0) is 49.3 Å². The van der Waals surface area contributed by atoms with Crippen LogP contribution >= 0.6 is 0 Å². The van der Waals surface area contributed by atoms with E-state index in [0.717, 1.165) is 63.3 Å². The van der Waals surface area contributed by atoms with Crippen LogP contribution in [-0.2, 0) is 26.6 Å². The molecule has 1 aromatic carbocycles. The molecule has 1 unspecified atom stereocenters. The van der Waals surface area contributed by atoms with Crippen molar-refractivity contribution in [2.75, 3.05) is 37.7 Å². The molecule has 0 saturated carbocycles. The minimum atomic E-state index is -2.80. The average molecular weight is 402 g/mol. The van der Waals surface area contributed by atoms with Gasteiger partial charge in [-0.25, -0.2) is 13.1 Å². The van der Waals surface area contributed by atoms with E-state index >= 15 is 0 Å². The van der Waals surface area contributed by atoms with E-state index in [4.69, 9.17) is 9.84 Å². The monoisotopic (exact) mass is 401 g/mol. The highest BCUT2D eigenvalue weighted by Gasteiger charge is 2.43. The summed E-state index contributed by atoms with van der Waals surface area (Å²) in [6, 6.07) is 10.2. The number of aromatic nitrogens is 2. The Balaban J connectivity index is 1.31. The zero-order valence-corrected chi connectivity index (χ0v) is 16.9. The molecule has 3 aliphatic heterocycles. The van der Waals surface area contributed by atoms with Gasteiger partial charge < -0.3 is 9.64 Å². The molecule has 2 fully saturated rings. The van der Waals surface area contributed by atoms with E-state index in [2.05, 4.69) is 23.2 Å². The Morgan fingerprint density at radius 1 is 1.18 bits per heavy atom. The molecule has 1 spiro atoms. The first kappa shape index (κ1) is 18.3. The summed E-state index contributed by atoms with van der Waals surface area (Å²) >= 11 is 0. The second kappa shape index (κ2) is 6.97. The van der Waals surface area contributed by atoms with Crippen LogP contribution in [0.3, 0.4) is 0 Å². The Kier molecular flexibility index (Phi) is 4.56. The van der Waals surface area contributed by atoms with E-state index in [1.807, 2.05) is 22.9 Å². The van der Waals surface area contributed by atoms with E-state index in [9.17, 15) is 8.42 Å². The van der Waals surface area contributed by atoms with Crippen LogP contribution in [0.2, 0.25) is 0 Å². The lowest BCUT2D eigenvalue weighted by Crippen LogP contribution is -2.47. The number of fused-ring (bicyclic) bond motifs is 2. The first-order chi connectivity index (χ1) is 13.5. The molecule has 150 valence electrons. The highest BCUT2D eigenvalue weighted by molar-refractivity contribution is 7.91. The molecular formula is C21H27N3O3S. The quantitative estimate of drug-likeness (QED) is 0.789. The average Bonchev–Trinajstić information content (AvgIpc) is 3.29. The Morgan fingerprint density at radius 3 is 2.68 bits per heavy atom. The van der Waals surface area contributed by atoms with Crippen molar-refractivity contribution in [1.82, 2.24) is 14.7 Å². The molecule has 28 heavy (non-hydrogen) atoms. The number of rotatable bonds is 3. The van der Waals surface area contributed by atoms with Crippen molar-refractivity contribution in [3.8, 4) is 5.69 Å². The Morgan fingerprint density at radius 2 is 1.96 bits per heavy atom. The van der Waals surface area contributed by atoms with E-state index in [-0.39, 0.29) is 5.60 Å². The fourth-order valence-electron chi connectivity index (χ4n) is 4.97. The molecule has 0 bridgehead atoms. The number of hydrogen-bond donors (Lipinski definition) is 0. The standard InChI is InChI=1S/C21H27N3O3S/c25-28(26)13-7-17(16-28)14-23-10-8-21(9-11-23)20-18(6-12-27-21)15-24(22-20)19-4-2-1-3-5-19/h1-5,15,17H,6-14,16H2. The van der Waals surface area contributed by atoms with Crippen LogP contribution < -0.4 is 0 Å². The summed E-state index contributed by atoms with van der Waals surface area (Å²) in [6.07, 6.45) is 5.72. The van der Waals surface area contributed by atoms with Gasteiger partial charge in [-0.1, -0.05) is 18.2 Å². The summed E-state index contributed by atoms with van der Waals surface area (Å²) in [7, 11) is -2.80. The fourth-order valence-corrected chi connectivity index (χ4v) is 6.82. The number of piperidine rings is 1. The van der Waals surface area contributed by atoms with Crippen LogP contribution in [0.1, 0.15) is 30.5 Å². The maximum absolute atomic E-state index is 11.7. The summed E-state index contributed by atoms with van der Waals surface area (Å²) in [4.78, 5) is 2.42. The predicted octanol–water partition coefficient (Wildman–Crippen LogP) is 2.17. The molecule has 7 heteroatoms. The molecule has 0 radical (unpaired) electrons. The molecule has 2 aromatic rings. The topological polar surface area (TPSA) is 64.4 Å². The maximum atomic E-state index is 11.7. The van der Waals surface area contributed by atoms with Gasteiger partial charge in [0.25, 0.3) is 0 Å². The largest absolute Gasteiger partial charge is 0.368 e. The molecule has 1 aromatic heterocycles. The van der Waals surface area contributed by atoms with Crippen molar-refractivity contribution < 1.29 is 13.2 Å². The van der Waals surface area contributed by atoms with Gasteiger partial charge in [-0.2, -0.15) is 5.10 Å². The third kappa shape index (κ3) is 3.40. The molecule has 4 heterocycles. The number of benzene rings is 1. The van der Waals surface area contributed by atoms with Gasteiger partial charge >= 0.3 is 0 Å². The highest BCUT2D eigenvalue weighted by Crippen LogP contribution is 2.41. The molecule has 0 amide bonds. The van der Waals surface area contributed by atoms with Crippen LogP contribution in [0.15, 0.2) is 36.5 Å². The third-order valence-corrected chi connectivity index (χ3v) is 8.34. The van der Waals surface area contributed by atoms with Crippen molar-refractivity contribution in [2.24, 2.45) is 5.92 Å². The number of ether oxygens (including phenoxy) is 1. The van der Waals surface area contributed by atoms with Gasteiger partial charge in [-0.3, -0.25) is 0 Å². The van der Waals surface area contributed by atoms with E-state index in [1.54, 1.807) is 0 Å². The lowest BCUT2D eigenvalue weighted by atomic mass is 9.83. The predicted molar refractivity (Wildman–Crippen MR) is 107 cm³/mol. The Hall–Kier alpha value is -1.70. The van der Waals surface area contributed by atoms with Gasteiger partial charge in [-0.15, -0.1) is 0 Å². The molecule has 5 rings (SSSR count). The zero-order chi connectivity index (χ0) is 19.2. The lowest BCUT2D eigenvalue weighted by molar-refractivity contribution is -0.102. The van der Waals surface area contributed by atoms with Crippen LogP contribution in [0.4, 0.5) is 0 Å². The summed E-state index contributed by atoms with van der Waals surface area (Å²) < 4.78 is 31.8. The second-order valence-corrected chi connectivity index (χ2v) is 10.7. The van der Waals surface area contributed by atoms with Gasteiger partial charge in [0.05, 0.1) is 29.5 Å². The first-order valence-corrected chi connectivity index (χ1v) is 12.1. The van der Waals surface area contributed by atoms with Gasteiger partial charge in [0.2, 0.25) is 0 Å². The molecule has 3 aliphatic rings. The summed E-state index contributed by atoms with van der Waals surface area (Å²) in [5.41, 5.74) is 3.19. The minimum Gasteiger partial charge on any atom is -0.368 e. The molecule has 1 atom stereocenters. The normalized spacial score (nSPS) is 26.4. The van der Waals surface area contributed by atoms with Gasteiger partial charge in [0.15, 0.2) is 9.84 Å². The Bertz CT molecular complexity index is 947. The van der Waals surface area contributed by atoms with E-state index in [0.29, 0.717) is 17.4 Å². The van der Waals surface area contributed by atoms with Crippen LogP contribution in [0.5, 0.6) is 0 Å². The lowest BCUT2D eigenvalue weighted by Gasteiger charge is -2.43. The zero-order valence-electron chi connectivity index (χ0n) is 16.1. The second-order valence-electron chi connectivity index (χ2n) is 8.45. The maximum Gasteiger partial charge on any atom is 0.150 e.